The summed E-state index contributed by atoms with van der Waals surface area (Å²) < 4.78 is 23.3. The second-order valence-corrected chi connectivity index (χ2v) is 6.27. The quantitative estimate of drug-likeness (QED) is 0.555. The lowest BCUT2D eigenvalue weighted by atomic mass is 10.2. The normalized spacial score (nSPS) is 11.4. The van der Waals surface area contributed by atoms with Gasteiger partial charge in [0.2, 0.25) is 0 Å². The fourth-order valence-corrected chi connectivity index (χ4v) is 2.91. The molecule has 0 N–H and O–H groups in total. The third-order valence-electron chi connectivity index (χ3n) is 2.51. The zero-order chi connectivity index (χ0) is 12.7. The molecule has 1 rings (SSSR count). The minimum absolute atomic E-state index is 0.111. The predicted octanol–water partition coefficient (Wildman–Crippen LogP) is 2.47. The molecule has 0 atom stereocenters. The van der Waals surface area contributed by atoms with E-state index >= 15 is 0 Å². The maximum atomic E-state index is 11.7. The van der Waals surface area contributed by atoms with E-state index in [1.54, 1.807) is 30.3 Å². The smallest absolute Gasteiger partial charge is 0.177 e. The summed E-state index contributed by atoms with van der Waals surface area (Å²) in [7, 11) is -3.25. The lowest BCUT2D eigenvalue weighted by molar-refractivity contribution is 0.102. The SMILES string of the molecule is CCCCCS(=O)(=O)CC(=O)c1ccccc1. The van der Waals surface area contributed by atoms with Crippen LogP contribution >= 0.6 is 0 Å². The van der Waals surface area contributed by atoms with E-state index < -0.39 is 9.84 Å². The second-order valence-electron chi connectivity index (χ2n) is 4.09. The van der Waals surface area contributed by atoms with Gasteiger partial charge in [-0.05, 0) is 6.42 Å². The molecule has 0 aliphatic carbocycles. The van der Waals surface area contributed by atoms with Crippen molar-refractivity contribution in [2.45, 2.75) is 26.2 Å². The Hall–Kier alpha value is -1.16. The molecule has 0 amide bonds. The number of hydrogen-bond acceptors (Lipinski definition) is 3. The van der Waals surface area contributed by atoms with Gasteiger partial charge in [0.05, 0.1) is 5.75 Å². The Bertz CT molecular complexity index is 449. The number of ketones is 1. The van der Waals surface area contributed by atoms with Crippen molar-refractivity contribution in [3.05, 3.63) is 35.9 Å². The fraction of sp³-hybridized carbons (Fsp3) is 0.462. The van der Waals surface area contributed by atoms with E-state index in [2.05, 4.69) is 0 Å². The number of hydrogen-bond donors (Lipinski definition) is 0. The van der Waals surface area contributed by atoms with Crippen LogP contribution in [0.3, 0.4) is 0 Å². The van der Waals surface area contributed by atoms with Gasteiger partial charge in [0.15, 0.2) is 15.6 Å². The highest BCUT2D eigenvalue weighted by atomic mass is 32.2. The molecular weight excluding hydrogens is 236 g/mol. The highest BCUT2D eigenvalue weighted by molar-refractivity contribution is 7.92. The molecule has 4 heteroatoms. The summed E-state index contributed by atoms with van der Waals surface area (Å²) in [5, 5.41) is 0. The van der Waals surface area contributed by atoms with Crippen molar-refractivity contribution in [3.63, 3.8) is 0 Å². The van der Waals surface area contributed by atoms with Crippen molar-refractivity contribution in [1.82, 2.24) is 0 Å². The molecule has 0 bridgehead atoms. The molecule has 0 spiro atoms. The van der Waals surface area contributed by atoms with Crippen LogP contribution in [0.5, 0.6) is 0 Å². The number of Topliss-reactive ketones (excluding diaryl/α,β-unsaturated/α-hetero) is 1. The Labute approximate surface area is 103 Å². The van der Waals surface area contributed by atoms with E-state index in [0.717, 1.165) is 12.8 Å². The lowest BCUT2D eigenvalue weighted by Gasteiger charge is -2.03. The Morgan fingerprint density at radius 3 is 2.35 bits per heavy atom. The molecule has 0 saturated carbocycles. The molecule has 0 saturated heterocycles. The number of benzene rings is 1. The summed E-state index contributed by atoms with van der Waals surface area (Å²) in [6, 6.07) is 8.55. The molecule has 94 valence electrons. The van der Waals surface area contributed by atoms with Crippen molar-refractivity contribution >= 4 is 15.6 Å². The standard InChI is InChI=1S/C13H18O3S/c1-2-3-7-10-17(15,16)11-13(14)12-8-5-4-6-9-12/h4-6,8-9H,2-3,7,10-11H2,1H3. The van der Waals surface area contributed by atoms with Gasteiger partial charge in [-0.3, -0.25) is 4.79 Å². The summed E-state index contributed by atoms with van der Waals surface area (Å²) >= 11 is 0. The van der Waals surface area contributed by atoms with Crippen LogP contribution in [-0.4, -0.2) is 25.7 Å². The van der Waals surface area contributed by atoms with Gasteiger partial charge in [-0.1, -0.05) is 50.1 Å². The van der Waals surface area contributed by atoms with Crippen molar-refractivity contribution in [2.75, 3.05) is 11.5 Å². The lowest BCUT2D eigenvalue weighted by Crippen LogP contribution is -2.19. The Morgan fingerprint density at radius 2 is 1.76 bits per heavy atom. The van der Waals surface area contributed by atoms with Gasteiger partial charge in [-0.15, -0.1) is 0 Å². The van der Waals surface area contributed by atoms with Gasteiger partial charge >= 0.3 is 0 Å². The van der Waals surface area contributed by atoms with E-state index in [1.807, 2.05) is 6.92 Å². The van der Waals surface area contributed by atoms with Gasteiger partial charge < -0.3 is 0 Å². The maximum Gasteiger partial charge on any atom is 0.177 e. The summed E-state index contributed by atoms with van der Waals surface area (Å²) in [6.45, 7) is 2.02. The summed E-state index contributed by atoms with van der Waals surface area (Å²) in [5.41, 5.74) is 0.464. The summed E-state index contributed by atoms with van der Waals surface area (Å²) in [5.74, 6) is -0.581. The van der Waals surface area contributed by atoms with Crippen LogP contribution in [0, 0.1) is 0 Å². The number of rotatable bonds is 7. The zero-order valence-electron chi connectivity index (χ0n) is 10.1. The van der Waals surface area contributed by atoms with Crippen molar-refractivity contribution in [3.8, 4) is 0 Å². The van der Waals surface area contributed by atoms with E-state index in [-0.39, 0.29) is 17.3 Å². The highest BCUT2D eigenvalue weighted by Gasteiger charge is 2.17. The van der Waals surface area contributed by atoms with Crippen LogP contribution in [-0.2, 0) is 9.84 Å². The number of unbranched alkanes of at least 4 members (excludes halogenated alkanes) is 2. The first-order valence-electron chi connectivity index (χ1n) is 5.84. The third kappa shape index (κ3) is 5.13. The molecule has 0 unspecified atom stereocenters. The van der Waals surface area contributed by atoms with Crippen LogP contribution in [0.15, 0.2) is 30.3 Å². The first kappa shape index (κ1) is 13.9. The van der Waals surface area contributed by atoms with E-state index in [9.17, 15) is 13.2 Å². The zero-order valence-corrected chi connectivity index (χ0v) is 10.9. The first-order valence-corrected chi connectivity index (χ1v) is 7.66. The molecule has 1 aromatic rings. The average Bonchev–Trinajstić information content (AvgIpc) is 2.30. The number of sulfone groups is 1. The van der Waals surface area contributed by atoms with Crippen molar-refractivity contribution in [1.29, 1.82) is 0 Å². The van der Waals surface area contributed by atoms with Crippen molar-refractivity contribution in [2.24, 2.45) is 0 Å². The van der Waals surface area contributed by atoms with Gasteiger partial charge in [0, 0.05) is 5.56 Å². The van der Waals surface area contributed by atoms with Crippen LogP contribution in [0.1, 0.15) is 36.5 Å². The second kappa shape index (κ2) is 6.55. The van der Waals surface area contributed by atoms with Gasteiger partial charge in [0.25, 0.3) is 0 Å². The third-order valence-corrected chi connectivity index (χ3v) is 4.12. The Balaban J connectivity index is 2.56. The van der Waals surface area contributed by atoms with Crippen molar-refractivity contribution < 1.29 is 13.2 Å². The summed E-state index contributed by atoms with van der Waals surface area (Å²) in [4.78, 5) is 11.7. The van der Waals surface area contributed by atoms with Crippen LogP contribution in [0.25, 0.3) is 0 Å². The van der Waals surface area contributed by atoms with Gasteiger partial charge in [-0.2, -0.15) is 0 Å². The van der Waals surface area contributed by atoms with Crippen LogP contribution in [0.4, 0.5) is 0 Å². The minimum atomic E-state index is -3.25. The Kier molecular flexibility index (Phi) is 5.35. The van der Waals surface area contributed by atoms with Gasteiger partial charge in [-0.25, -0.2) is 8.42 Å². The molecular formula is C13H18O3S. The first-order chi connectivity index (χ1) is 8.05. The molecule has 1 aromatic carbocycles. The van der Waals surface area contributed by atoms with E-state index in [1.165, 1.54) is 0 Å². The van der Waals surface area contributed by atoms with E-state index in [0.29, 0.717) is 12.0 Å². The molecule has 0 heterocycles. The molecule has 0 aromatic heterocycles. The highest BCUT2D eigenvalue weighted by Crippen LogP contribution is 2.05. The molecule has 0 fully saturated rings. The topological polar surface area (TPSA) is 51.2 Å². The molecule has 3 nitrogen and oxygen atoms in total. The van der Waals surface area contributed by atoms with Crippen LogP contribution < -0.4 is 0 Å². The van der Waals surface area contributed by atoms with Gasteiger partial charge in [0.1, 0.15) is 5.75 Å². The molecule has 17 heavy (non-hydrogen) atoms. The monoisotopic (exact) mass is 254 g/mol. The predicted molar refractivity (Wildman–Crippen MR) is 69.0 cm³/mol. The average molecular weight is 254 g/mol. The molecule has 0 radical (unpaired) electrons. The maximum absolute atomic E-state index is 11.7. The minimum Gasteiger partial charge on any atom is -0.293 e. The number of carbonyl (C=O) groups is 1. The van der Waals surface area contributed by atoms with E-state index in [4.69, 9.17) is 0 Å². The summed E-state index contributed by atoms with van der Waals surface area (Å²) in [6.07, 6.45) is 2.50. The van der Waals surface area contributed by atoms with Crippen LogP contribution in [0.2, 0.25) is 0 Å². The molecule has 0 aliphatic rings. The largest absolute Gasteiger partial charge is 0.293 e. The fourth-order valence-electron chi connectivity index (χ4n) is 1.55. The molecule has 0 aliphatic heterocycles. The Morgan fingerprint density at radius 1 is 1.12 bits per heavy atom. The number of carbonyl (C=O) groups excluding carboxylic acids is 1.